The Balaban J connectivity index is 1.69. The fourth-order valence-corrected chi connectivity index (χ4v) is 2.26. The SMILES string of the molecule is CNCc1cc2c(cc1OCCc1ccncc1)OCO2. The molecule has 5 heteroatoms. The van der Waals surface area contributed by atoms with Crippen LogP contribution in [0.1, 0.15) is 11.1 Å². The Kier molecular flexibility index (Phi) is 4.21. The molecule has 1 N–H and O–H groups in total. The molecule has 1 aromatic heterocycles. The highest BCUT2D eigenvalue weighted by molar-refractivity contribution is 5.51. The van der Waals surface area contributed by atoms with Crippen LogP contribution < -0.4 is 19.5 Å². The fourth-order valence-electron chi connectivity index (χ4n) is 2.26. The first-order valence-corrected chi connectivity index (χ1v) is 6.95. The summed E-state index contributed by atoms with van der Waals surface area (Å²) in [5, 5.41) is 3.14. The molecule has 0 saturated carbocycles. The molecule has 0 radical (unpaired) electrons. The van der Waals surface area contributed by atoms with Crippen molar-refractivity contribution in [1.82, 2.24) is 10.3 Å². The molecule has 2 heterocycles. The summed E-state index contributed by atoms with van der Waals surface area (Å²) in [4.78, 5) is 4.01. The van der Waals surface area contributed by atoms with E-state index in [0.717, 1.165) is 35.8 Å². The van der Waals surface area contributed by atoms with Crippen molar-refractivity contribution in [2.24, 2.45) is 0 Å². The second-order valence-electron chi connectivity index (χ2n) is 4.80. The van der Waals surface area contributed by atoms with Gasteiger partial charge in [0, 0.05) is 37.0 Å². The monoisotopic (exact) mass is 286 g/mol. The highest BCUT2D eigenvalue weighted by Gasteiger charge is 2.17. The van der Waals surface area contributed by atoms with Crippen molar-refractivity contribution in [1.29, 1.82) is 0 Å². The summed E-state index contributed by atoms with van der Waals surface area (Å²) in [7, 11) is 1.91. The third-order valence-corrected chi connectivity index (χ3v) is 3.32. The Bertz CT molecular complexity index is 602. The van der Waals surface area contributed by atoms with Crippen LogP contribution in [0.2, 0.25) is 0 Å². The minimum atomic E-state index is 0.273. The van der Waals surface area contributed by atoms with Crippen LogP contribution in [0.5, 0.6) is 17.2 Å². The summed E-state index contributed by atoms with van der Waals surface area (Å²) in [6.45, 7) is 1.61. The molecule has 1 aliphatic rings. The summed E-state index contributed by atoms with van der Waals surface area (Å²) in [6, 6.07) is 7.87. The molecule has 0 atom stereocenters. The van der Waals surface area contributed by atoms with E-state index < -0.39 is 0 Å². The lowest BCUT2D eigenvalue weighted by Crippen LogP contribution is -2.09. The van der Waals surface area contributed by atoms with Gasteiger partial charge in [0.1, 0.15) is 5.75 Å². The Morgan fingerprint density at radius 3 is 2.71 bits per heavy atom. The zero-order valence-electron chi connectivity index (χ0n) is 12.0. The van der Waals surface area contributed by atoms with E-state index in [1.54, 1.807) is 12.4 Å². The highest BCUT2D eigenvalue weighted by Crippen LogP contribution is 2.38. The molecule has 5 nitrogen and oxygen atoms in total. The molecule has 0 amide bonds. The van der Waals surface area contributed by atoms with Gasteiger partial charge in [0.2, 0.25) is 6.79 Å². The number of nitrogens with one attached hydrogen (secondary N) is 1. The Hall–Kier alpha value is -2.27. The Morgan fingerprint density at radius 1 is 1.19 bits per heavy atom. The van der Waals surface area contributed by atoms with Crippen LogP contribution in [0.4, 0.5) is 0 Å². The smallest absolute Gasteiger partial charge is 0.231 e. The largest absolute Gasteiger partial charge is 0.493 e. The summed E-state index contributed by atoms with van der Waals surface area (Å²) in [5.41, 5.74) is 2.28. The zero-order chi connectivity index (χ0) is 14.5. The van der Waals surface area contributed by atoms with E-state index in [0.29, 0.717) is 6.61 Å². The van der Waals surface area contributed by atoms with E-state index in [1.165, 1.54) is 5.56 Å². The average Bonchev–Trinajstić information content (AvgIpc) is 2.96. The third kappa shape index (κ3) is 3.25. The van der Waals surface area contributed by atoms with Gasteiger partial charge >= 0.3 is 0 Å². The van der Waals surface area contributed by atoms with E-state index >= 15 is 0 Å². The van der Waals surface area contributed by atoms with Crippen molar-refractivity contribution in [3.8, 4) is 17.2 Å². The number of aromatic nitrogens is 1. The summed E-state index contributed by atoms with van der Waals surface area (Å²) in [6.07, 6.45) is 4.43. The molecule has 0 saturated heterocycles. The van der Waals surface area contributed by atoms with Gasteiger partial charge in [0.25, 0.3) is 0 Å². The molecule has 21 heavy (non-hydrogen) atoms. The van der Waals surface area contributed by atoms with Crippen LogP contribution in [-0.2, 0) is 13.0 Å². The molecule has 0 fully saturated rings. The number of ether oxygens (including phenoxy) is 3. The molecular weight excluding hydrogens is 268 g/mol. The number of fused-ring (bicyclic) bond motifs is 1. The number of nitrogens with zero attached hydrogens (tertiary/aromatic N) is 1. The van der Waals surface area contributed by atoms with Gasteiger partial charge in [-0.3, -0.25) is 4.98 Å². The van der Waals surface area contributed by atoms with Gasteiger partial charge in [-0.05, 0) is 30.8 Å². The maximum Gasteiger partial charge on any atom is 0.231 e. The summed E-state index contributed by atoms with van der Waals surface area (Å²) < 4.78 is 16.7. The average molecular weight is 286 g/mol. The van der Waals surface area contributed by atoms with Gasteiger partial charge in [-0.2, -0.15) is 0 Å². The molecule has 1 aliphatic heterocycles. The maximum atomic E-state index is 5.92. The molecule has 0 unspecified atom stereocenters. The van der Waals surface area contributed by atoms with Crippen LogP contribution >= 0.6 is 0 Å². The fraction of sp³-hybridized carbons (Fsp3) is 0.312. The first-order chi connectivity index (χ1) is 10.4. The summed E-state index contributed by atoms with van der Waals surface area (Å²) in [5.74, 6) is 2.36. The van der Waals surface area contributed by atoms with Crippen LogP contribution in [0.15, 0.2) is 36.7 Å². The number of pyridine rings is 1. The van der Waals surface area contributed by atoms with Gasteiger partial charge < -0.3 is 19.5 Å². The van der Waals surface area contributed by atoms with E-state index in [4.69, 9.17) is 14.2 Å². The van der Waals surface area contributed by atoms with Crippen LogP contribution in [-0.4, -0.2) is 25.4 Å². The third-order valence-electron chi connectivity index (χ3n) is 3.32. The second-order valence-corrected chi connectivity index (χ2v) is 4.80. The molecular formula is C16H18N2O3. The van der Waals surface area contributed by atoms with Crippen molar-refractivity contribution in [2.45, 2.75) is 13.0 Å². The minimum Gasteiger partial charge on any atom is -0.493 e. The van der Waals surface area contributed by atoms with Crippen LogP contribution in [0, 0.1) is 0 Å². The molecule has 2 aromatic rings. The molecule has 0 bridgehead atoms. The molecule has 110 valence electrons. The maximum absolute atomic E-state index is 5.92. The van der Waals surface area contributed by atoms with Crippen molar-refractivity contribution >= 4 is 0 Å². The minimum absolute atomic E-state index is 0.273. The topological polar surface area (TPSA) is 52.6 Å². The quantitative estimate of drug-likeness (QED) is 0.882. The van der Waals surface area contributed by atoms with Gasteiger partial charge in [0.05, 0.1) is 6.61 Å². The van der Waals surface area contributed by atoms with Crippen molar-refractivity contribution in [3.63, 3.8) is 0 Å². The van der Waals surface area contributed by atoms with Crippen LogP contribution in [0.25, 0.3) is 0 Å². The van der Waals surface area contributed by atoms with E-state index in [1.807, 2.05) is 31.3 Å². The van der Waals surface area contributed by atoms with Crippen molar-refractivity contribution in [2.75, 3.05) is 20.4 Å². The first-order valence-electron chi connectivity index (χ1n) is 6.95. The van der Waals surface area contributed by atoms with E-state index in [-0.39, 0.29) is 6.79 Å². The lowest BCUT2D eigenvalue weighted by atomic mass is 10.1. The Labute approximate surface area is 123 Å². The second kappa shape index (κ2) is 6.45. The normalized spacial score (nSPS) is 12.4. The van der Waals surface area contributed by atoms with Gasteiger partial charge in [0.15, 0.2) is 11.5 Å². The predicted molar refractivity (Wildman–Crippen MR) is 78.8 cm³/mol. The zero-order valence-corrected chi connectivity index (χ0v) is 12.0. The molecule has 0 aliphatic carbocycles. The van der Waals surface area contributed by atoms with E-state index in [2.05, 4.69) is 10.3 Å². The molecule has 1 aromatic carbocycles. The Morgan fingerprint density at radius 2 is 1.95 bits per heavy atom. The number of hydrogen-bond donors (Lipinski definition) is 1. The number of rotatable bonds is 6. The number of benzene rings is 1. The number of hydrogen-bond acceptors (Lipinski definition) is 5. The van der Waals surface area contributed by atoms with Crippen LogP contribution in [0.3, 0.4) is 0 Å². The highest BCUT2D eigenvalue weighted by atomic mass is 16.7. The van der Waals surface area contributed by atoms with Crippen molar-refractivity contribution < 1.29 is 14.2 Å². The van der Waals surface area contributed by atoms with E-state index in [9.17, 15) is 0 Å². The predicted octanol–water partition coefficient (Wildman–Crippen LogP) is 2.15. The van der Waals surface area contributed by atoms with Gasteiger partial charge in [-0.1, -0.05) is 0 Å². The molecule has 0 spiro atoms. The lowest BCUT2D eigenvalue weighted by molar-refractivity contribution is 0.173. The summed E-state index contributed by atoms with van der Waals surface area (Å²) >= 11 is 0. The lowest BCUT2D eigenvalue weighted by Gasteiger charge is -2.12. The van der Waals surface area contributed by atoms with Gasteiger partial charge in [-0.15, -0.1) is 0 Å². The molecule has 3 rings (SSSR count). The van der Waals surface area contributed by atoms with Gasteiger partial charge in [-0.25, -0.2) is 0 Å². The first kappa shape index (κ1) is 13.7. The van der Waals surface area contributed by atoms with Crippen molar-refractivity contribution in [3.05, 3.63) is 47.8 Å². The standard InChI is InChI=1S/C16H18N2O3/c1-17-10-13-8-15-16(21-11-20-15)9-14(13)19-7-4-12-2-5-18-6-3-12/h2-3,5-6,8-9,17H,4,7,10-11H2,1H3.